The van der Waals surface area contributed by atoms with E-state index in [1.54, 1.807) is 18.2 Å². The lowest BCUT2D eigenvalue weighted by molar-refractivity contribution is 1.18. The van der Waals surface area contributed by atoms with E-state index in [0.717, 1.165) is 5.56 Å². The predicted octanol–water partition coefficient (Wildman–Crippen LogP) is 9.75. The Bertz CT molecular complexity index is 2890. The van der Waals surface area contributed by atoms with Gasteiger partial charge in [-0.05, 0) is 53.0 Å². The number of benzene rings is 6. The minimum atomic E-state index is -0.622. The van der Waals surface area contributed by atoms with Gasteiger partial charge in [0.05, 0.1) is 35.9 Å². The second kappa shape index (κ2) is 8.22. The molecule has 0 bridgehead atoms. The highest BCUT2D eigenvalue weighted by Gasteiger charge is 2.16. The summed E-state index contributed by atoms with van der Waals surface area (Å²) in [6.07, 6.45) is 0. The molecule has 0 aliphatic heterocycles. The first-order valence-electron chi connectivity index (χ1n) is 18.9. The maximum atomic E-state index is 9.70. The molecule has 8 rings (SSSR count). The van der Waals surface area contributed by atoms with E-state index in [1.165, 1.54) is 4.57 Å². The quantitative estimate of drug-likeness (QED) is 0.250. The average Bonchev–Trinajstić information content (AvgIpc) is 3.73. The zero-order chi connectivity index (χ0) is 37.2. The largest absolute Gasteiger partial charge is 0.355 e. The van der Waals surface area contributed by atoms with E-state index in [9.17, 15) is 5.48 Å². The molecule has 0 unspecified atom stereocenters. The van der Waals surface area contributed by atoms with Gasteiger partial charge in [0.2, 0.25) is 0 Å². The topological polar surface area (TPSA) is 20.7 Å². The lowest BCUT2D eigenvalue weighted by Gasteiger charge is -2.14. The molecular weight excluding hydrogens is 460 g/mol. The summed E-state index contributed by atoms with van der Waals surface area (Å²) in [6.45, 7) is 0. The van der Waals surface area contributed by atoms with E-state index in [0.29, 0.717) is 11.3 Å². The van der Waals surface area contributed by atoms with Gasteiger partial charge in [-0.15, -0.1) is 0 Å². The average molecular weight is 499 g/mol. The molecule has 0 radical (unpaired) electrons. The van der Waals surface area contributed by atoms with Gasteiger partial charge >= 0.3 is 0 Å². The molecule has 2 aromatic heterocycles. The van der Waals surface area contributed by atoms with Crippen LogP contribution in [-0.4, -0.2) is 9.55 Å². The van der Waals surface area contributed by atoms with Crippen LogP contribution in [0.5, 0.6) is 0 Å². The smallest absolute Gasteiger partial charge is 0.0652 e. The third-order valence-corrected chi connectivity index (χ3v) is 6.64. The molecule has 38 heavy (non-hydrogen) atoms. The number of nitrogens with one attached hydrogen (secondary N) is 1. The Morgan fingerprint density at radius 3 is 2.11 bits per heavy atom. The Balaban J connectivity index is 1.61. The summed E-state index contributed by atoms with van der Waals surface area (Å²) in [5, 5.41) is -0.391. The summed E-state index contributed by atoms with van der Waals surface area (Å²) in [4.78, 5) is 2.80. The number of rotatable bonds is 3. The molecule has 2 nitrogen and oxygen atoms in total. The molecule has 2 heteroatoms. The second-order valence-electron chi connectivity index (χ2n) is 8.79. The Morgan fingerprint density at radius 2 is 1.18 bits per heavy atom. The van der Waals surface area contributed by atoms with E-state index in [4.69, 9.17) is 13.7 Å². The lowest BCUT2D eigenvalue weighted by Crippen LogP contribution is -1.97. The highest BCUT2D eigenvalue weighted by Crippen LogP contribution is 2.38. The highest BCUT2D eigenvalue weighted by molar-refractivity contribution is 6.12. The molecule has 8 aromatic rings. The SMILES string of the molecule is [2H]c1c([2H])c([2H])c2c([nH]c3c([2H])c([2H])c(-c4c([2H])c([2H])c5c6c([2H])c([2H])c([2H])c([2H])c6n(-c6ccccc6-c6ccccc6)c5c4[2H])c([2H])c32)c1[2H]. The van der Waals surface area contributed by atoms with Crippen molar-refractivity contribution in [3.05, 3.63) is 139 Å². The molecule has 0 amide bonds. The van der Waals surface area contributed by atoms with Crippen molar-refractivity contribution in [1.82, 2.24) is 9.55 Å². The summed E-state index contributed by atoms with van der Waals surface area (Å²) in [6, 6.07) is 9.01. The normalized spacial score (nSPS) is 16.8. The van der Waals surface area contributed by atoms with Gasteiger partial charge in [0, 0.05) is 38.1 Å². The number of hydrogen-bond acceptors (Lipinski definition) is 0. The molecule has 178 valence electrons. The van der Waals surface area contributed by atoms with Crippen molar-refractivity contribution in [2.45, 2.75) is 0 Å². The number of H-pyrrole nitrogens is 1. The van der Waals surface area contributed by atoms with Crippen molar-refractivity contribution in [3.63, 3.8) is 0 Å². The van der Waals surface area contributed by atoms with Gasteiger partial charge in [-0.2, -0.15) is 0 Å². The molecular formula is C36H24N2. The van der Waals surface area contributed by atoms with E-state index in [2.05, 4.69) is 4.98 Å². The molecule has 0 saturated heterocycles. The summed E-state index contributed by atoms with van der Waals surface area (Å²) >= 11 is 0. The lowest BCUT2D eigenvalue weighted by atomic mass is 10.0. The van der Waals surface area contributed by atoms with Gasteiger partial charge in [0.25, 0.3) is 0 Å². The predicted molar refractivity (Wildman–Crippen MR) is 161 cm³/mol. The maximum absolute atomic E-state index is 9.70. The molecule has 0 saturated carbocycles. The standard InChI is InChI=1S/C36H24N2/c1-2-10-24(11-3-1)27-12-5-8-16-34(27)38-35-17-9-6-14-29(35)30-20-18-26(23-36(30)38)25-19-21-33-31(22-25)28-13-4-7-15-32(28)37-33/h1-23,37H/i4D,6D,7D,9D,13D,14D,15D,17D,18D,19D,20D,21D,22D,23D. The number of aromatic nitrogens is 2. The molecule has 0 aliphatic rings. The Hall–Kier alpha value is -5.08. The van der Waals surface area contributed by atoms with Crippen LogP contribution in [0.4, 0.5) is 0 Å². The molecule has 0 aliphatic carbocycles. The molecule has 0 fully saturated rings. The third-order valence-electron chi connectivity index (χ3n) is 6.64. The maximum Gasteiger partial charge on any atom is 0.0652 e. The fraction of sp³-hybridized carbons (Fsp3) is 0. The van der Waals surface area contributed by atoms with Crippen LogP contribution in [0, 0.1) is 0 Å². The van der Waals surface area contributed by atoms with Gasteiger partial charge in [-0.25, -0.2) is 0 Å². The van der Waals surface area contributed by atoms with Gasteiger partial charge in [0.15, 0.2) is 0 Å². The highest BCUT2D eigenvalue weighted by atomic mass is 15.0. The first-order chi connectivity index (χ1) is 24.7. The Kier molecular flexibility index (Phi) is 2.50. The van der Waals surface area contributed by atoms with E-state index < -0.39 is 84.6 Å². The molecule has 2 heterocycles. The third kappa shape index (κ3) is 3.14. The summed E-state index contributed by atoms with van der Waals surface area (Å²) in [7, 11) is 0. The minimum absolute atomic E-state index is 0.0376. The van der Waals surface area contributed by atoms with Crippen molar-refractivity contribution >= 4 is 43.6 Å². The second-order valence-corrected chi connectivity index (χ2v) is 8.79. The van der Waals surface area contributed by atoms with Crippen molar-refractivity contribution < 1.29 is 19.2 Å². The zero-order valence-electron chi connectivity index (χ0n) is 33.6. The van der Waals surface area contributed by atoms with Crippen LogP contribution in [-0.2, 0) is 0 Å². The van der Waals surface area contributed by atoms with Gasteiger partial charge < -0.3 is 9.55 Å². The Morgan fingerprint density at radius 1 is 0.500 bits per heavy atom. The van der Waals surface area contributed by atoms with E-state index >= 15 is 0 Å². The minimum Gasteiger partial charge on any atom is -0.355 e. The first-order valence-corrected chi connectivity index (χ1v) is 11.9. The summed E-state index contributed by atoms with van der Waals surface area (Å²) < 4.78 is 125. The number of aromatic amines is 1. The fourth-order valence-corrected chi connectivity index (χ4v) is 4.94. The van der Waals surface area contributed by atoms with Crippen LogP contribution < -0.4 is 0 Å². The summed E-state index contributed by atoms with van der Waals surface area (Å²) in [5.41, 5.74) is 0.725. The summed E-state index contributed by atoms with van der Waals surface area (Å²) in [5.74, 6) is 0. The molecule has 6 aromatic carbocycles. The van der Waals surface area contributed by atoms with Crippen LogP contribution in [0.1, 0.15) is 19.2 Å². The van der Waals surface area contributed by atoms with E-state index in [-0.39, 0.29) is 54.7 Å². The van der Waals surface area contributed by atoms with Gasteiger partial charge in [-0.1, -0.05) is 103 Å². The van der Waals surface area contributed by atoms with Crippen molar-refractivity contribution in [3.8, 4) is 27.9 Å². The van der Waals surface area contributed by atoms with Crippen molar-refractivity contribution in [2.24, 2.45) is 0 Å². The van der Waals surface area contributed by atoms with Crippen LogP contribution in [0.2, 0.25) is 0 Å². The molecule has 0 spiro atoms. The van der Waals surface area contributed by atoms with Crippen LogP contribution in [0.25, 0.3) is 71.6 Å². The van der Waals surface area contributed by atoms with Gasteiger partial charge in [0.1, 0.15) is 0 Å². The number of nitrogens with zero attached hydrogens (tertiary/aromatic N) is 1. The molecule has 1 N–H and O–H groups in total. The van der Waals surface area contributed by atoms with Gasteiger partial charge in [-0.3, -0.25) is 0 Å². The Labute approximate surface area is 240 Å². The van der Waals surface area contributed by atoms with Crippen LogP contribution >= 0.6 is 0 Å². The molecule has 0 atom stereocenters. The number of para-hydroxylation sites is 3. The number of hydrogen-bond donors (Lipinski definition) is 1. The van der Waals surface area contributed by atoms with E-state index in [1.807, 2.05) is 36.4 Å². The van der Waals surface area contributed by atoms with Crippen LogP contribution in [0.3, 0.4) is 0 Å². The van der Waals surface area contributed by atoms with Crippen LogP contribution in [0.15, 0.2) is 139 Å². The zero-order valence-corrected chi connectivity index (χ0v) is 19.6. The first kappa shape index (κ1) is 11.5. The number of fused-ring (bicyclic) bond motifs is 6. The van der Waals surface area contributed by atoms with Crippen molar-refractivity contribution in [2.75, 3.05) is 0 Å². The monoisotopic (exact) mass is 498 g/mol. The van der Waals surface area contributed by atoms with Crippen molar-refractivity contribution in [1.29, 1.82) is 0 Å². The fourth-order valence-electron chi connectivity index (χ4n) is 4.94.